The van der Waals surface area contributed by atoms with Crippen molar-refractivity contribution in [3.05, 3.63) is 34.4 Å². The number of hydrogen-bond acceptors (Lipinski definition) is 5. The summed E-state index contributed by atoms with van der Waals surface area (Å²) < 4.78 is 10.7. The van der Waals surface area contributed by atoms with Crippen molar-refractivity contribution in [2.45, 2.75) is 25.0 Å². The number of aromatic nitrogens is 1. The van der Waals surface area contributed by atoms with E-state index in [1.165, 1.54) is 18.1 Å². The lowest BCUT2D eigenvalue weighted by atomic mass is 10.0. The summed E-state index contributed by atoms with van der Waals surface area (Å²) in [5.41, 5.74) is 2.37. The Balaban J connectivity index is 1.61. The number of carbonyl (C=O) groups excluding carboxylic acids is 1. The molecule has 0 radical (unpaired) electrons. The number of ether oxygens (including phenoxy) is 2. The van der Waals surface area contributed by atoms with Crippen molar-refractivity contribution in [2.75, 3.05) is 26.7 Å². The molecule has 1 fully saturated rings. The zero-order valence-electron chi connectivity index (χ0n) is 13.5. The first-order valence-corrected chi connectivity index (χ1v) is 8.76. The van der Waals surface area contributed by atoms with E-state index in [-0.39, 0.29) is 0 Å². The van der Waals surface area contributed by atoms with Crippen LogP contribution >= 0.6 is 15.9 Å². The lowest BCUT2D eigenvalue weighted by Gasteiger charge is -2.35. The molecule has 1 aromatic carbocycles. The fourth-order valence-electron chi connectivity index (χ4n) is 3.09. The number of nitrogens with one attached hydrogen (secondary N) is 1. The highest BCUT2D eigenvalue weighted by Crippen LogP contribution is 2.24. The number of rotatable bonds is 4. The second kappa shape index (κ2) is 7.55. The van der Waals surface area contributed by atoms with Gasteiger partial charge in [0, 0.05) is 41.2 Å². The van der Waals surface area contributed by atoms with Crippen molar-refractivity contribution in [1.82, 2.24) is 9.88 Å². The maximum Gasteiger partial charge on any atom is 0.508 e. The van der Waals surface area contributed by atoms with E-state index < -0.39 is 18.4 Å². The van der Waals surface area contributed by atoms with Crippen molar-refractivity contribution in [3.63, 3.8) is 0 Å². The average molecular weight is 397 g/mol. The van der Waals surface area contributed by atoms with Gasteiger partial charge in [0.05, 0.1) is 13.2 Å². The average Bonchev–Trinajstić information content (AvgIpc) is 2.97. The Morgan fingerprint density at radius 1 is 1.50 bits per heavy atom. The van der Waals surface area contributed by atoms with Gasteiger partial charge < -0.3 is 19.6 Å². The molecule has 6 nitrogen and oxygen atoms in total. The van der Waals surface area contributed by atoms with Crippen molar-refractivity contribution >= 4 is 33.0 Å². The van der Waals surface area contributed by atoms with Crippen LogP contribution < -0.4 is 0 Å². The molecule has 1 aromatic heterocycles. The highest BCUT2D eigenvalue weighted by atomic mass is 79.9. The summed E-state index contributed by atoms with van der Waals surface area (Å²) >= 11 is 3.51. The van der Waals surface area contributed by atoms with Gasteiger partial charge in [-0.3, -0.25) is 4.90 Å². The second-order valence-corrected chi connectivity index (χ2v) is 6.94. The molecule has 2 heterocycles. The minimum Gasteiger partial charge on any atom is -0.438 e. The summed E-state index contributed by atoms with van der Waals surface area (Å²) in [7, 11) is 1.27. The first-order chi connectivity index (χ1) is 11.6. The second-order valence-electron chi connectivity index (χ2n) is 6.02. The number of piperidine rings is 1. The Bertz CT molecular complexity index is 718. The van der Waals surface area contributed by atoms with E-state index in [1.807, 2.05) is 12.3 Å². The van der Waals surface area contributed by atoms with Crippen molar-refractivity contribution in [1.29, 1.82) is 0 Å². The molecule has 2 atom stereocenters. The molecule has 1 aliphatic heterocycles. The highest BCUT2D eigenvalue weighted by Gasteiger charge is 2.31. The topological polar surface area (TPSA) is 74.8 Å². The van der Waals surface area contributed by atoms with Crippen molar-refractivity contribution in [3.8, 4) is 0 Å². The Labute approximate surface area is 148 Å². The van der Waals surface area contributed by atoms with E-state index in [9.17, 15) is 9.90 Å². The van der Waals surface area contributed by atoms with Gasteiger partial charge in [-0.1, -0.05) is 15.9 Å². The van der Waals surface area contributed by atoms with Crippen LogP contribution in [0.25, 0.3) is 10.9 Å². The predicted molar refractivity (Wildman–Crippen MR) is 94.0 cm³/mol. The predicted octanol–water partition coefficient (Wildman–Crippen LogP) is 2.69. The molecule has 0 aliphatic carbocycles. The van der Waals surface area contributed by atoms with Gasteiger partial charge in [-0.25, -0.2) is 4.79 Å². The van der Waals surface area contributed by atoms with Gasteiger partial charge in [-0.05, 0) is 36.6 Å². The van der Waals surface area contributed by atoms with Crippen LogP contribution in [0.5, 0.6) is 0 Å². The molecular weight excluding hydrogens is 376 g/mol. The number of likely N-dealkylation sites (tertiary alicyclic amines) is 1. The van der Waals surface area contributed by atoms with Gasteiger partial charge in [0.2, 0.25) is 0 Å². The van der Waals surface area contributed by atoms with Gasteiger partial charge in [0.25, 0.3) is 0 Å². The molecule has 0 saturated carbocycles. The normalized spacial score (nSPS) is 21.8. The molecule has 24 heavy (non-hydrogen) atoms. The molecule has 7 heteroatoms. The molecule has 0 amide bonds. The standard InChI is InChI=1S/C17H21BrN2O4/c1-23-17(22)24-16-10-20(7-5-15(16)21)6-4-11-9-19-14-3-2-12(18)8-13(11)14/h2-3,8-9,15-16,19,21H,4-7,10H2,1H3/t15-,16-/m0/s1. The summed E-state index contributed by atoms with van der Waals surface area (Å²) in [6.45, 7) is 2.14. The van der Waals surface area contributed by atoms with Crippen molar-refractivity contribution in [2.24, 2.45) is 0 Å². The Hall–Kier alpha value is -1.57. The summed E-state index contributed by atoms with van der Waals surface area (Å²) in [6.07, 6.45) is 1.59. The number of aromatic amines is 1. The Kier molecular flexibility index (Phi) is 5.43. The maximum atomic E-state index is 11.3. The quantitative estimate of drug-likeness (QED) is 0.777. The number of methoxy groups -OCH3 is 1. The lowest BCUT2D eigenvalue weighted by Crippen LogP contribution is -2.49. The summed E-state index contributed by atoms with van der Waals surface area (Å²) in [5, 5.41) is 11.2. The monoisotopic (exact) mass is 396 g/mol. The number of aliphatic hydroxyl groups excluding tert-OH is 1. The Morgan fingerprint density at radius 3 is 3.12 bits per heavy atom. The van der Waals surface area contributed by atoms with Crippen LogP contribution in [-0.2, 0) is 15.9 Å². The van der Waals surface area contributed by atoms with Crippen LogP contribution in [0.1, 0.15) is 12.0 Å². The van der Waals surface area contributed by atoms with E-state index in [0.29, 0.717) is 13.0 Å². The first-order valence-electron chi connectivity index (χ1n) is 7.97. The molecule has 130 valence electrons. The molecule has 3 rings (SSSR count). The number of benzene rings is 1. The van der Waals surface area contributed by atoms with Crippen LogP contribution in [0.4, 0.5) is 4.79 Å². The number of nitrogens with zero attached hydrogens (tertiary/aromatic N) is 1. The summed E-state index contributed by atoms with van der Waals surface area (Å²) in [6, 6.07) is 6.19. The molecule has 2 aromatic rings. The maximum absolute atomic E-state index is 11.3. The van der Waals surface area contributed by atoms with E-state index in [4.69, 9.17) is 4.74 Å². The first kappa shape index (κ1) is 17.3. The van der Waals surface area contributed by atoms with Crippen LogP contribution in [0.15, 0.2) is 28.9 Å². The Morgan fingerprint density at radius 2 is 2.33 bits per heavy atom. The molecule has 2 N–H and O–H groups in total. The zero-order chi connectivity index (χ0) is 17.1. The fourth-order valence-corrected chi connectivity index (χ4v) is 3.46. The van der Waals surface area contributed by atoms with Gasteiger partial charge in [0.15, 0.2) is 0 Å². The molecule has 1 saturated heterocycles. The van der Waals surface area contributed by atoms with E-state index in [2.05, 4.69) is 42.7 Å². The smallest absolute Gasteiger partial charge is 0.438 e. The summed E-state index contributed by atoms with van der Waals surface area (Å²) in [4.78, 5) is 16.8. The number of aliphatic hydroxyl groups is 1. The fraction of sp³-hybridized carbons (Fsp3) is 0.471. The molecular formula is C17H21BrN2O4. The SMILES string of the molecule is COC(=O)O[C@H]1CN(CCc2c[nH]c3ccc(Br)cc23)CC[C@@H]1O. The van der Waals surface area contributed by atoms with Gasteiger partial charge >= 0.3 is 6.16 Å². The lowest BCUT2D eigenvalue weighted by molar-refractivity contribution is -0.0639. The third-order valence-corrected chi connectivity index (χ3v) is 4.94. The van der Waals surface area contributed by atoms with Crippen LogP contribution in [0.3, 0.4) is 0 Å². The van der Waals surface area contributed by atoms with E-state index >= 15 is 0 Å². The number of halogens is 1. The van der Waals surface area contributed by atoms with Crippen LogP contribution in [0.2, 0.25) is 0 Å². The third-order valence-electron chi connectivity index (χ3n) is 4.45. The number of fused-ring (bicyclic) bond motifs is 1. The number of H-pyrrole nitrogens is 1. The van der Waals surface area contributed by atoms with Gasteiger partial charge in [-0.15, -0.1) is 0 Å². The highest BCUT2D eigenvalue weighted by molar-refractivity contribution is 9.10. The molecule has 0 spiro atoms. The van der Waals surface area contributed by atoms with E-state index in [0.717, 1.165) is 29.5 Å². The van der Waals surface area contributed by atoms with Gasteiger partial charge in [-0.2, -0.15) is 0 Å². The van der Waals surface area contributed by atoms with Crippen LogP contribution in [-0.4, -0.2) is 60.1 Å². The molecule has 0 unspecified atom stereocenters. The number of carbonyl (C=O) groups is 1. The summed E-state index contributed by atoms with van der Waals surface area (Å²) in [5.74, 6) is 0. The molecule has 0 bridgehead atoms. The van der Waals surface area contributed by atoms with Crippen LogP contribution in [0, 0.1) is 0 Å². The number of hydrogen-bond donors (Lipinski definition) is 2. The van der Waals surface area contributed by atoms with Crippen molar-refractivity contribution < 1.29 is 19.4 Å². The molecule has 1 aliphatic rings. The van der Waals surface area contributed by atoms with E-state index in [1.54, 1.807) is 0 Å². The van der Waals surface area contributed by atoms with Gasteiger partial charge in [0.1, 0.15) is 6.10 Å². The minimum absolute atomic E-state index is 0.516. The third kappa shape index (κ3) is 3.91. The minimum atomic E-state index is -0.748. The largest absolute Gasteiger partial charge is 0.508 e. The zero-order valence-corrected chi connectivity index (χ0v) is 15.1.